The Hall–Kier alpha value is -1.61. The maximum atomic E-state index is 11.6. The highest BCUT2D eigenvalue weighted by Crippen LogP contribution is 2.33. The summed E-state index contributed by atoms with van der Waals surface area (Å²) in [6, 6.07) is 11.1. The first-order valence-electron chi connectivity index (χ1n) is 4.55. The average Bonchev–Trinajstić information content (AvgIpc) is 2.25. The molecule has 0 unspecified atom stereocenters. The highest BCUT2D eigenvalue weighted by Gasteiger charge is 2.25. The topological polar surface area (TPSA) is 34.1 Å². The summed E-state index contributed by atoms with van der Waals surface area (Å²) in [5, 5.41) is 1.45. The standard InChI is InChI=1S/C12H6O2S/c13-11-8-5-1-3-7-4-2-6-9(10(7)8)12(14)15-11/h1-6H. The molecule has 0 amide bonds. The molecule has 1 aliphatic heterocycles. The molecular weight excluding hydrogens is 208 g/mol. The monoisotopic (exact) mass is 214 g/mol. The summed E-state index contributed by atoms with van der Waals surface area (Å²) in [5.74, 6) is 0. The Labute approximate surface area is 90.3 Å². The molecule has 2 aromatic rings. The Morgan fingerprint density at radius 2 is 1.33 bits per heavy atom. The maximum Gasteiger partial charge on any atom is 0.227 e. The minimum absolute atomic E-state index is 0.149. The van der Waals surface area contributed by atoms with E-state index in [1.807, 2.05) is 24.3 Å². The predicted octanol–water partition coefficient (Wildman–Crippen LogP) is 2.87. The second-order valence-corrected chi connectivity index (χ2v) is 4.33. The van der Waals surface area contributed by atoms with Crippen LogP contribution >= 0.6 is 11.8 Å². The van der Waals surface area contributed by atoms with Crippen molar-refractivity contribution in [3.05, 3.63) is 47.5 Å². The van der Waals surface area contributed by atoms with Gasteiger partial charge in [0.2, 0.25) is 10.2 Å². The van der Waals surface area contributed by atoms with Crippen molar-refractivity contribution >= 4 is 32.8 Å². The Bertz CT molecular complexity index is 553. The molecule has 3 heteroatoms. The van der Waals surface area contributed by atoms with Crippen molar-refractivity contribution in [3.63, 3.8) is 0 Å². The Balaban J connectivity index is 2.56. The zero-order valence-electron chi connectivity index (χ0n) is 7.69. The number of benzene rings is 2. The third-order valence-electron chi connectivity index (χ3n) is 2.53. The quantitative estimate of drug-likeness (QED) is 0.676. The van der Waals surface area contributed by atoms with E-state index in [4.69, 9.17) is 0 Å². The van der Waals surface area contributed by atoms with Gasteiger partial charge in [0, 0.05) is 16.5 Å². The van der Waals surface area contributed by atoms with Crippen molar-refractivity contribution in [1.82, 2.24) is 0 Å². The number of carbonyl (C=O) groups excluding carboxylic acids is 2. The van der Waals surface area contributed by atoms with E-state index >= 15 is 0 Å². The lowest BCUT2D eigenvalue weighted by Crippen LogP contribution is -2.09. The lowest BCUT2D eigenvalue weighted by Gasteiger charge is -2.13. The van der Waals surface area contributed by atoms with Gasteiger partial charge in [0.25, 0.3) is 0 Å². The highest BCUT2D eigenvalue weighted by molar-refractivity contribution is 8.27. The minimum Gasteiger partial charge on any atom is -0.281 e. The molecule has 0 spiro atoms. The van der Waals surface area contributed by atoms with E-state index in [0.29, 0.717) is 11.1 Å². The smallest absolute Gasteiger partial charge is 0.227 e. The van der Waals surface area contributed by atoms with Crippen LogP contribution in [0.5, 0.6) is 0 Å². The first-order chi connectivity index (χ1) is 7.27. The Kier molecular flexibility index (Phi) is 1.70. The number of hydrogen-bond acceptors (Lipinski definition) is 3. The second-order valence-electron chi connectivity index (χ2n) is 3.39. The summed E-state index contributed by atoms with van der Waals surface area (Å²) in [6.07, 6.45) is 0. The van der Waals surface area contributed by atoms with Gasteiger partial charge in [0.15, 0.2) is 0 Å². The molecule has 2 aromatic carbocycles. The van der Waals surface area contributed by atoms with Gasteiger partial charge in [0.1, 0.15) is 0 Å². The van der Waals surface area contributed by atoms with Crippen molar-refractivity contribution in [3.8, 4) is 0 Å². The van der Waals surface area contributed by atoms with Crippen molar-refractivity contribution in [2.24, 2.45) is 0 Å². The normalized spacial score (nSPS) is 14.7. The Morgan fingerprint density at radius 3 is 1.87 bits per heavy atom. The summed E-state index contributed by atoms with van der Waals surface area (Å²) < 4.78 is 0. The third kappa shape index (κ3) is 1.13. The molecule has 0 bridgehead atoms. The fourth-order valence-electron chi connectivity index (χ4n) is 1.88. The van der Waals surface area contributed by atoms with Gasteiger partial charge >= 0.3 is 0 Å². The van der Waals surface area contributed by atoms with Crippen molar-refractivity contribution in [1.29, 1.82) is 0 Å². The van der Waals surface area contributed by atoms with Gasteiger partial charge in [-0.3, -0.25) is 9.59 Å². The molecule has 1 aliphatic rings. The van der Waals surface area contributed by atoms with Crippen LogP contribution in [-0.2, 0) is 0 Å². The van der Waals surface area contributed by atoms with Crippen LogP contribution in [0.2, 0.25) is 0 Å². The van der Waals surface area contributed by atoms with Crippen molar-refractivity contribution < 1.29 is 9.59 Å². The number of hydrogen-bond donors (Lipinski definition) is 0. The molecule has 72 valence electrons. The first kappa shape index (κ1) is 8.68. The molecule has 0 saturated carbocycles. The summed E-state index contributed by atoms with van der Waals surface area (Å²) in [4.78, 5) is 23.2. The van der Waals surface area contributed by atoms with Crippen LogP contribution in [0.25, 0.3) is 10.8 Å². The number of carbonyl (C=O) groups is 2. The highest BCUT2D eigenvalue weighted by atomic mass is 32.2. The molecule has 15 heavy (non-hydrogen) atoms. The van der Waals surface area contributed by atoms with E-state index in [9.17, 15) is 9.59 Å². The largest absolute Gasteiger partial charge is 0.281 e. The number of rotatable bonds is 0. The fraction of sp³-hybridized carbons (Fsp3) is 0. The fourth-order valence-corrected chi connectivity index (χ4v) is 2.60. The van der Waals surface area contributed by atoms with Gasteiger partial charge < -0.3 is 0 Å². The molecule has 1 heterocycles. The lowest BCUT2D eigenvalue weighted by molar-refractivity contribution is 0.106. The van der Waals surface area contributed by atoms with Crippen LogP contribution in [0.3, 0.4) is 0 Å². The van der Waals surface area contributed by atoms with E-state index < -0.39 is 0 Å². The molecule has 0 radical (unpaired) electrons. The molecule has 0 N–H and O–H groups in total. The van der Waals surface area contributed by atoms with Crippen LogP contribution < -0.4 is 0 Å². The summed E-state index contributed by atoms with van der Waals surface area (Å²) in [7, 11) is 0. The SMILES string of the molecule is O=C1SC(=O)c2cccc3cccc1c23. The molecule has 0 atom stereocenters. The minimum atomic E-state index is -0.149. The van der Waals surface area contributed by atoms with E-state index in [0.717, 1.165) is 22.5 Å². The zero-order valence-corrected chi connectivity index (χ0v) is 8.51. The van der Waals surface area contributed by atoms with Crippen LogP contribution in [0.1, 0.15) is 20.7 Å². The van der Waals surface area contributed by atoms with Crippen molar-refractivity contribution in [2.75, 3.05) is 0 Å². The summed E-state index contributed by atoms with van der Waals surface area (Å²) >= 11 is 0.779. The van der Waals surface area contributed by atoms with Gasteiger partial charge in [-0.05, 0) is 29.3 Å². The molecule has 0 aliphatic carbocycles. The van der Waals surface area contributed by atoms with Crippen LogP contribution in [0.4, 0.5) is 0 Å². The molecule has 0 aromatic heterocycles. The first-order valence-corrected chi connectivity index (χ1v) is 5.37. The van der Waals surface area contributed by atoms with Crippen LogP contribution in [0, 0.1) is 0 Å². The Morgan fingerprint density at radius 1 is 0.800 bits per heavy atom. The molecular formula is C12H6O2S. The van der Waals surface area contributed by atoms with Gasteiger partial charge in [0.05, 0.1) is 0 Å². The van der Waals surface area contributed by atoms with Crippen molar-refractivity contribution in [2.45, 2.75) is 0 Å². The molecule has 2 nitrogen and oxygen atoms in total. The number of thioether (sulfide) groups is 1. The lowest BCUT2D eigenvalue weighted by atomic mass is 10.00. The van der Waals surface area contributed by atoms with Gasteiger partial charge in [-0.15, -0.1) is 0 Å². The van der Waals surface area contributed by atoms with Crippen LogP contribution in [0.15, 0.2) is 36.4 Å². The maximum absolute atomic E-state index is 11.6. The van der Waals surface area contributed by atoms with E-state index in [2.05, 4.69) is 0 Å². The molecule has 0 saturated heterocycles. The second kappa shape index (κ2) is 2.94. The summed E-state index contributed by atoms with van der Waals surface area (Å²) in [6.45, 7) is 0. The third-order valence-corrected chi connectivity index (χ3v) is 3.34. The molecule has 0 fully saturated rings. The van der Waals surface area contributed by atoms with Gasteiger partial charge in [-0.2, -0.15) is 0 Å². The van der Waals surface area contributed by atoms with Crippen LogP contribution in [-0.4, -0.2) is 10.2 Å². The molecule has 3 rings (SSSR count). The predicted molar refractivity (Wildman–Crippen MR) is 60.2 cm³/mol. The van der Waals surface area contributed by atoms with E-state index in [1.54, 1.807) is 12.1 Å². The van der Waals surface area contributed by atoms with Gasteiger partial charge in [-0.25, -0.2) is 0 Å². The van der Waals surface area contributed by atoms with E-state index in [-0.39, 0.29) is 10.2 Å². The zero-order chi connectivity index (χ0) is 10.4. The average molecular weight is 214 g/mol. The summed E-state index contributed by atoms with van der Waals surface area (Å²) in [5.41, 5.74) is 1.29. The van der Waals surface area contributed by atoms with E-state index in [1.165, 1.54) is 0 Å². The van der Waals surface area contributed by atoms with Gasteiger partial charge in [-0.1, -0.05) is 24.3 Å².